The zero-order valence-corrected chi connectivity index (χ0v) is 16.2. The fourth-order valence-electron chi connectivity index (χ4n) is 3.22. The first-order chi connectivity index (χ1) is 15.2. The first-order valence-corrected chi connectivity index (χ1v) is 9.54. The van der Waals surface area contributed by atoms with Gasteiger partial charge in [0.25, 0.3) is 5.91 Å². The number of para-hydroxylation sites is 2. The van der Waals surface area contributed by atoms with Crippen molar-refractivity contribution in [3.05, 3.63) is 89.7 Å². The third kappa shape index (κ3) is 3.76. The smallest absolute Gasteiger partial charge is 0.251 e. The van der Waals surface area contributed by atoms with Crippen LogP contribution in [0, 0.1) is 5.82 Å². The zero-order chi connectivity index (χ0) is 21.2. The highest BCUT2D eigenvalue weighted by atomic mass is 19.1. The van der Waals surface area contributed by atoms with Gasteiger partial charge in [-0.25, -0.2) is 9.37 Å². The summed E-state index contributed by atoms with van der Waals surface area (Å²) < 4.78 is 14.6. The predicted octanol–water partition coefficient (Wildman–Crippen LogP) is 3.49. The summed E-state index contributed by atoms with van der Waals surface area (Å²) in [5.41, 5.74) is 4.13. The van der Waals surface area contributed by atoms with E-state index in [0.717, 1.165) is 22.3 Å². The third-order valence-electron chi connectivity index (χ3n) is 4.80. The Bertz CT molecular complexity index is 1380. The molecule has 8 nitrogen and oxygen atoms in total. The zero-order valence-electron chi connectivity index (χ0n) is 16.2. The molecule has 0 aliphatic carbocycles. The number of hydrogen-bond donors (Lipinski definition) is 2. The van der Waals surface area contributed by atoms with Crippen molar-refractivity contribution in [1.82, 2.24) is 30.3 Å². The SMILES string of the molecule is O=C(NCc1ccc(F)cc1)c1ccc(Nc2nc3ccccc3n3nnnc23)cc1. The number of tetrazole rings is 1. The lowest BCUT2D eigenvalue weighted by Crippen LogP contribution is -2.22. The molecule has 1 amide bonds. The third-order valence-corrected chi connectivity index (χ3v) is 4.80. The Labute approximate surface area is 175 Å². The van der Waals surface area contributed by atoms with E-state index in [2.05, 4.69) is 31.1 Å². The number of aromatic nitrogens is 5. The van der Waals surface area contributed by atoms with Gasteiger partial charge in [-0.05, 0) is 64.5 Å². The summed E-state index contributed by atoms with van der Waals surface area (Å²) in [7, 11) is 0. The fraction of sp³-hybridized carbons (Fsp3) is 0.0455. The molecule has 0 aliphatic heterocycles. The van der Waals surface area contributed by atoms with E-state index in [-0.39, 0.29) is 11.7 Å². The number of anilines is 2. The van der Waals surface area contributed by atoms with Crippen LogP contribution in [0.25, 0.3) is 16.7 Å². The lowest BCUT2D eigenvalue weighted by Gasteiger charge is -2.09. The van der Waals surface area contributed by atoms with E-state index in [1.165, 1.54) is 12.1 Å². The van der Waals surface area contributed by atoms with Gasteiger partial charge in [-0.1, -0.05) is 24.3 Å². The lowest BCUT2D eigenvalue weighted by molar-refractivity contribution is 0.0951. The van der Waals surface area contributed by atoms with E-state index in [1.807, 2.05) is 24.3 Å². The molecular formula is C22H16FN7O. The molecule has 5 aromatic rings. The van der Waals surface area contributed by atoms with Gasteiger partial charge in [-0.15, -0.1) is 5.10 Å². The normalized spacial score (nSPS) is 11.0. The van der Waals surface area contributed by atoms with Gasteiger partial charge in [0.05, 0.1) is 11.0 Å². The van der Waals surface area contributed by atoms with E-state index in [1.54, 1.807) is 40.9 Å². The number of carbonyl (C=O) groups is 1. The Balaban J connectivity index is 1.32. The molecule has 31 heavy (non-hydrogen) atoms. The standard InChI is InChI=1S/C22H16FN7O/c23-16-9-5-14(6-10-16)13-24-22(31)15-7-11-17(12-8-15)25-20-21-27-28-29-30(21)19-4-2-1-3-18(19)26-20/h1-12H,13H2,(H,24,31)(H,25,26). The molecule has 3 aromatic carbocycles. The maximum atomic E-state index is 13.0. The monoisotopic (exact) mass is 413 g/mol. The number of carbonyl (C=O) groups excluding carboxylic acids is 1. The molecule has 0 unspecified atom stereocenters. The highest BCUT2D eigenvalue weighted by Gasteiger charge is 2.12. The van der Waals surface area contributed by atoms with Crippen molar-refractivity contribution >= 4 is 34.1 Å². The van der Waals surface area contributed by atoms with Gasteiger partial charge < -0.3 is 10.6 Å². The van der Waals surface area contributed by atoms with Crippen LogP contribution in [0.15, 0.2) is 72.8 Å². The molecule has 0 bridgehead atoms. The van der Waals surface area contributed by atoms with Crippen LogP contribution in [0.5, 0.6) is 0 Å². The van der Waals surface area contributed by atoms with Crippen molar-refractivity contribution in [1.29, 1.82) is 0 Å². The summed E-state index contributed by atoms with van der Waals surface area (Å²) in [6.07, 6.45) is 0. The van der Waals surface area contributed by atoms with E-state index in [9.17, 15) is 9.18 Å². The van der Waals surface area contributed by atoms with Crippen molar-refractivity contribution in [2.45, 2.75) is 6.54 Å². The van der Waals surface area contributed by atoms with Crippen LogP contribution < -0.4 is 10.6 Å². The van der Waals surface area contributed by atoms with Gasteiger partial charge in [-0.3, -0.25) is 4.79 Å². The topological polar surface area (TPSA) is 97.1 Å². The highest BCUT2D eigenvalue weighted by molar-refractivity contribution is 5.94. The number of hydrogen-bond acceptors (Lipinski definition) is 6. The van der Waals surface area contributed by atoms with Crippen LogP contribution in [-0.4, -0.2) is 30.9 Å². The molecule has 0 saturated carbocycles. The highest BCUT2D eigenvalue weighted by Crippen LogP contribution is 2.22. The minimum atomic E-state index is -0.307. The number of nitrogens with zero attached hydrogens (tertiary/aromatic N) is 5. The molecule has 2 heterocycles. The number of fused-ring (bicyclic) bond motifs is 3. The number of rotatable bonds is 5. The summed E-state index contributed by atoms with van der Waals surface area (Å²) in [6, 6.07) is 20.6. The largest absolute Gasteiger partial charge is 0.348 e. The lowest BCUT2D eigenvalue weighted by atomic mass is 10.1. The average molecular weight is 413 g/mol. The number of nitrogens with one attached hydrogen (secondary N) is 2. The predicted molar refractivity (Wildman–Crippen MR) is 113 cm³/mol. The molecule has 2 N–H and O–H groups in total. The van der Waals surface area contributed by atoms with Crippen molar-refractivity contribution in [2.24, 2.45) is 0 Å². The van der Waals surface area contributed by atoms with Crippen LogP contribution in [0.2, 0.25) is 0 Å². The Morgan fingerprint density at radius 3 is 2.55 bits per heavy atom. The van der Waals surface area contributed by atoms with Gasteiger partial charge in [-0.2, -0.15) is 4.52 Å². The van der Waals surface area contributed by atoms with Gasteiger partial charge in [0, 0.05) is 17.8 Å². The summed E-state index contributed by atoms with van der Waals surface area (Å²) in [6.45, 7) is 0.317. The summed E-state index contributed by atoms with van der Waals surface area (Å²) in [5.74, 6) is -0.0146. The second kappa shape index (κ2) is 7.79. The Morgan fingerprint density at radius 2 is 1.74 bits per heavy atom. The molecule has 0 aliphatic rings. The van der Waals surface area contributed by atoms with E-state index in [0.29, 0.717) is 23.6 Å². The molecule has 9 heteroatoms. The second-order valence-electron chi connectivity index (χ2n) is 6.87. The summed E-state index contributed by atoms with van der Waals surface area (Å²) in [5, 5.41) is 17.9. The maximum Gasteiger partial charge on any atom is 0.251 e. The van der Waals surface area contributed by atoms with Crippen LogP contribution in [-0.2, 0) is 6.54 Å². The quantitative estimate of drug-likeness (QED) is 0.458. The number of benzene rings is 3. The van der Waals surface area contributed by atoms with Gasteiger partial charge >= 0.3 is 0 Å². The Kier molecular flexibility index (Phi) is 4.68. The van der Waals surface area contributed by atoms with Crippen molar-refractivity contribution < 1.29 is 9.18 Å². The molecule has 2 aromatic heterocycles. The summed E-state index contributed by atoms with van der Waals surface area (Å²) >= 11 is 0. The second-order valence-corrected chi connectivity index (χ2v) is 6.87. The molecule has 0 radical (unpaired) electrons. The minimum Gasteiger partial charge on any atom is -0.348 e. The molecular weight excluding hydrogens is 397 g/mol. The molecule has 0 atom stereocenters. The molecule has 152 valence electrons. The van der Waals surface area contributed by atoms with Crippen LogP contribution >= 0.6 is 0 Å². The van der Waals surface area contributed by atoms with Crippen molar-refractivity contribution in [2.75, 3.05) is 5.32 Å². The van der Waals surface area contributed by atoms with Gasteiger partial charge in [0.15, 0.2) is 5.82 Å². The van der Waals surface area contributed by atoms with Crippen molar-refractivity contribution in [3.8, 4) is 0 Å². The number of halogens is 1. The first kappa shape index (κ1) is 18.6. The summed E-state index contributed by atoms with van der Waals surface area (Å²) in [4.78, 5) is 17.0. The number of amides is 1. The minimum absolute atomic E-state index is 0.219. The van der Waals surface area contributed by atoms with E-state index < -0.39 is 0 Å². The van der Waals surface area contributed by atoms with Crippen LogP contribution in [0.1, 0.15) is 15.9 Å². The van der Waals surface area contributed by atoms with Gasteiger partial charge in [0.1, 0.15) is 5.82 Å². The molecule has 5 rings (SSSR count). The maximum absolute atomic E-state index is 13.0. The Hall–Kier alpha value is -4.40. The molecule has 0 spiro atoms. The first-order valence-electron chi connectivity index (χ1n) is 9.54. The average Bonchev–Trinajstić information content (AvgIpc) is 3.30. The van der Waals surface area contributed by atoms with Crippen LogP contribution in [0.3, 0.4) is 0 Å². The molecule has 0 fully saturated rings. The van der Waals surface area contributed by atoms with Crippen molar-refractivity contribution in [3.63, 3.8) is 0 Å². The molecule has 0 saturated heterocycles. The van der Waals surface area contributed by atoms with E-state index >= 15 is 0 Å². The Morgan fingerprint density at radius 1 is 0.968 bits per heavy atom. The van der Waals surface area contributed by atoms with E-state index in [4.69, 9.17) is 0 Å². The fourth-order valence-corrected chi connectivity index (χ4v) is 3.22. The van der Waals surface area contributed by atoms with Gasteiger partial charge in [0.2, 0.25) is 5.65 Å². The van der Waals surface area contributed by atoms with Crippen LogP contribution in [0.4, 0.5) is 15.9 Å².